The minimum Gasteiger partial charge on any atom is -0.490 e. The number of hydrogen-bond acceptors (Lipinski definition) is 6. The van der Waals surface area contributed by atoms with E-state index in [-0.39, 0.29) is 25.7 Å². The lowest BCUT2D eigenvalue weighted by atomic mass is 9.90. The van der Waals surface area contributed by atoms with Gasteiger partial charge in [-0.05, 0) is 53.4 Å². The third-order valence-electron chi connectivity index (χ3n) is 8.32. The summed E-state index contributed by atoms with van der Waals surface area (Å²) in [5, 5.41) is 1.61. The molecule has 0 atom stereocenters. The standard InChI is InChI=1S/C38H31F2N3O4/c1-2-35(44)43-14-13-32-25(23-43)19-24(22-41-32)37-36-28-7-3-4-8-29(28)38(42-37)31-12-10-27(40)21-34(31)46-16-6-5-15-45-17-18-47-33-20-26(39)9-11-30(33)36/h2-12,19-22H,1,13-18,23H2/b6-5+. The number of carbonyl (C=O) groups excluding carboxylic acids is 1. The Hall–Kier alpha value is -5.41. The third kappa shape index (κ3) is 6.09. The van der Waals surface area contributed by atoms with E-state index in [2.05, 4.69) is 6.58 Å². The van der Waals surface area contributed by atoms with E-state index in [1.165, 1.54) is 30.3 Å². The van der Waals surface area contributed by atoms with Crippen LogP contribution in [0.15, 0.2) is 97.7 Å². The minimum atomic E-state index is -0.440. The Morgan fingerprint density at radius 3 is 2.40 bits per heavy atom. The number of benzene rings is 3. The lowest BCUT2D eigenvalue weighted by Gasteiger charge is -2.28. The summed E-state index contributed by atoms with van der Waals surface area (Å²) in [5.74, 6) is -0.344. The SMILES string of the molecule is C=CC(=O)N1CCc2ncc(-c3nc4c5ccccc5c3-c3ccc(F)cc3OCCOC/C=C/COc3cc(F)ccc3-4)cc2C1. The molecule has 7 rings (SSSR count). The van der Waals surface area contributed by atoms with Gasteiger partial charge in [-0.1, -0.05) is 36.9 Å². The lowest BCUT2D eigenvalue weighted by molar-refractivity contribution is -0.126. The first kappa shape index (κ1) is 30.3. The van der Waals surface area contributed by atoms with Crippen LogP contribution in [0.3, 0.4) is 0 Å². The van der Waals surface area contributed by atoms with Crippen molar-refractivity contribution in [1.29, 1.82) is 0 Å². The number of aromatic nitrogens is 2. The quantitative estimate of drug-likeness (QED) is 0.150. The molecule has 0 N–H and O–H groups in total. The highest BCUT2D eigenvalue weighted by atomic mass is 19.1. The van der Waals surface area contributed by atoms with Gasteiger partial charge in [0.25, 0.3) is 0 Å². The molecule has 0 saturated heterocycles. The van der Waals surface area contributed by atoms with Crippen LogP contribution in [-0.4, -0.2) is 53.7 Å². The summed E-state index contributed by atoms with van der Waals surface area (Å²) in [6.45, 7) is 5.56. The molecule has 9 heteroatoms. The lowest BCUT2D eigenvalue weighted by Crippen LogP contribution is -2.35. The molecule has 0 fully saturated rings. The van der Waals surface area contributed by atoms with Crippen LogP contribution < -0.4 is 9.47 Å². The van der Waals surface area contributed by atoms with Crippen LogP contribution >= 0.6 is 0 Å². The number of ether oxygens (including phenoxy) is 3. The molecule has 236 valence electrons. The summed E-state index contributed by atoms with van der Waals surface area (Å²) in [7, 11) is 0. The summed E-state index contributed by atoms with van der Waals surface area (Å²) < 4.78 is 47.3. The molecule has 0 saturated carbocycles. The molecule has 3 aromatic carbocycles. The van der Waals surface area contributed by atoms with Crippen molar-refractivity contribution in [3.8, 4) is 45.1 Å². The second-order valence-electron chi connectivity index (χ2n) is 11.3. The topological polar surface area (TPSA) is 73.8 Å². The maximum absolute atomic E-state index is 14.7. The van der Waals surface area contributed by atoms with Crippen molar-refractivity contribution in [1.82, 2.24) is 14.9 Å². The zero-order chi connectivity index (χ0) is 32.3. The Balaban J connectivity index is 1.52. The van der Waals surface area contributed by atoms with Crippen LogP contribution in [0.1, 0.15) is 11.3 Å². The van der Waals surface area contributed by atoms with E-state index < -0.39 is 11.6 Å². The fraction of sp³-hybridized carbons (Fsp3) is 0.184. The Morgan fingerprint density at radius 1 is 0.851 bits per heavy atom. The molecule has 47 heavy (non-hydrogen) atoms. The molecule has 7 nitrogen and oxygen atoms in total. The fourth-order valence-electron chi connectivity index (χ4n) is 6.09. The van der Waals surface area contributed by atoms with Gasteiger partial charge in [-0.2, -0.15) is 0 Å². The number of rotatable bonds is 2. The van der Waals surface area contributed by atoms with Crippen LogP contribution in [0.5, 0.6) is 11.5 Å². The number of nitrogens with zero attached hydrogens (tertiary/aromatic N) is 3. The largest absolute Gasteiger partial charge is 0.490 e. The molecule has 1 amide bonds. The molecule has 5 aromatic rings. The number of pyridine rings is 2. The summed E-state index contributed by atoms with van der Waals surface area (Å²) in [6.07, 6.45) is 7.33. The molecule has 0 aliphatic carbocycles. The minimum absolute atomic E-state index is 0.146. The van der Waals surface area contributed by atoms with Crippen LogP contribution in [0.2, 0.25) is 0 Å². The number of carbonyl (C=O) groups is 1. The average Bonchev–Trinajstić information content (AvgIpc) is 3.10. The van der Waals surface area contributed by atoms with Gasteiger partial charge in [0.15, 0.2) is 0 Å². The van der Waals surface area contributed by atoms with E-state index in [9.17, 15) is 13.6 Å². The van der Waals surface area contributed by atoms with Crippen molar-refractivity contribution < 1.29 is 27.8 Å². The smallest absolute Gasteiger partial charge is 0.246 e. The fourth-order valence-corrected chi connectivity index (χ4v) is 6.09. The molecule has 2 bridgehead atoms. The van der Waals surface area contributed by atoms with E-state index in [1.54, 1.807) is 29.3 Å². The Morgan fingerprint density at radius 2 is 1.60 bits per heavy atom. The summed E-state index contributed by atoms with van der Waals surface area (Å²) in [5.41, 5.74) is 5.60. The van der Waals surface area contributed by atoms with Gasteiger partial charge in [0.2, 0.25) is 5.91 Å². The van der Waals surface area contributed by atoms with Crippen molar-refractivity contribution in [2.45, 2.75) is 13.0 Å². The zero-order valence-corrected chi connectivity index (χ0v) is 25.5. The van der Waals surface area contributed by atoms with E-state index in [4.69, 9.17) is 24.2 Å². The first-order valence-electron chi connectivity index (χ1n) is 15.4. The first-order valence-corrected chi connectivity index (χ1v) is 15.4. The average molecular weight is 632 g/mol. The molecule has 2 aliphatic rings. The molecule has 2 aliphatic heterocycles. The summed E-state index contributed by atoms with van der Waals surface area (Å²) in [6, 6.07) is 18.6. The summed E-state index contributed by atoms with van der Waals surface area (Å²) >= 11 is 0. The van der Waals surface area contributed by atoms with Gasteiger partial charge in [-0.25, -0.2) is 13.8 Å². The van der Waals surface area contributed by atoms with Crippen molar-refractivity contribution >= 4 is 16.7 Å². The van der Waals surface area contributed by atoms with Gasteiger partial charge in [0, 0.05) is 71.2 Å². The first-order chi connectivity index (χ1) is 23.0. The molecule has 2 aromatic heterocycles. The van der Waals surface area contributed by atoms with E-state index in [1.807, 2.05) is 36.4 Å². The molecular formula is C38H31F2N3O4. The molecule has 4 heterocycles. The Bertz CT molecular complexity index is 2040. The van der Waals surface area contributed by atoms with Crippen molar-refractivity contribution in [2.24, 2.45) is 0 Å². The van der Waals surface area contributed by atoms with Crippen LogP contribution in [0.4, 0.5) is 8.78 Å². The van der Waals surface area contributed by atoms with Gasteiger partial charge in [-0.15, -0.1) is 0 Å². The second-order valence-corrected chi connectivity index (χ2v) is 11.3. The van der Waals surface area contributed by atoms with Gasteiger partial charge in [0.05, 0.1) is 24.6 Å². The predicted molar refractivity (Wildman–Crippen MR) is 176 cm³/mol. The van der Waals surface area contributed by atoms with Crippen molar-refractivity contribution in [3.05, 3.63) is 121 Å². The highest BCUT2D eigenvalue weighted by molar-refractivity contribution is 6.09. The second kappa shape index (κ2) is 13.1. The van der Waals surface area contributed by atoms with Crippen molar-refractivity contribution in [3.63, 3.8) is 0 Å². The number of amides is 1. The number of hydrogen-bond donors (Lipinski definition) is 0. The Labute approximate surface area is 270 Å². The predicted octanol–water partition coefficient (Wildman–Crippen LogP) is 7.32. The third-order valence-corrected chi connectivity index (χ3v) is 8.32. The highest BCUT2D eigenvalue weighted by Crippen LogP contribution is 2.45. The van der Waals surface area contributed by atoms with Crippen LogP contribution in [-0.2, 0) is 22.5 Å². The van der Waals surface area contributed by atoms with Crippen molar-refractivity contribution in [2.75, 3.05) is 33.0 Å². The highest BCUT2D eigenvalue weighted by Gasteiger charge is 2.25. The molecular weight excluding hydrogens is 600 g/mol. The van der Waals surface area contributed by atoms with Gasteiger partial charge in [0.1, 0.15) is 36.3 Å². The van der Waals surface area contributed by atoms with Crippen LogP contribution in [0, 0.1) is 11.6 Å². The van der Waals surface area contributed by atoms with Gasteiger partial charge in [-0.3, -0.25) is 9.78 Å². The number of halogens is 2. The zero-order valence-electron chi connectivity index (χ0n) is 25.5. The van der Waals surface area contributed by atoms with E-state index >= 15 is 0 Å². The maximum Gasteiger partial charge on any atom is 0.246 e. The van der Waals surface area contributed by atoms with E-state index in [0.717, 1.165) is 22.0 Å². The van der Waals surface area contributed by atoms with Crippen LogP contribution in [0.25, 0.3) is 44.4 Å². The monoisotopic (exact) mass is 631 g/mol. The Kier molecular flexibility index (Phi) is 8.46. The molecule has 0 unspecified atom stereocenters. The van der Waals surface area contributed by atoms with Gasteiger partial charge >= 0.3 is 0 Å². The van der Waals surface area contributed by atoms with E-state index in [0.29, 0.717) is 71.3 Å². The van der Waals surface area contributed by atoms with Gasteiger partial charge < -0.3 is 19.1 Å². The number of fused-ring (bicyclic) bond motifs is 5. The summed E-state index contributed by atoms with van der Waals surface area (Å²) in [4.78, 5) is 24.3. The normalized spacial score (nSPS) is 15.4. The molecule has 0 radical (unpaired) electrons. The molecule has 0 spiro atoms. The maximum atomic E-state index is 14.7.